The fourth-order valence-electron chi connectivity index (χ4n) is 1.73. The van der Waals surface area contributed by atoms with Crippen LogP contribution in [0.3, 0.4) is 0 Å². The molecule has 0 bridgehead atoms. The predicted molar refractivity (Wildman–Crippen MR) is 64.9 cm³/mol. The van der Waals surface area contributed by atoms with Crippen LogP contribution in [0.1, 0.15) is 19.3 Å². The summed E-state index contributed by atoms with van der Waals surface area (Å²) in [5, 5.41) is 8.07. The molecular weight excluding hydrogens is 240 g/mol. The van der Waals surface area contributed by atoms with Crippen LogP contribution < -0.4 is 16.2 Å². The Morgan fingerprint density at radius 1 is 1.41 bits per heavy atom. The molecule has 0 saturated heterocycles. The highest BCUT2D eigenvalue weighted by molar-refractivity contribution is 7.89. The van der Waals surface area contributed by atoms with Crippen molar-refractivity contribution in [2.24, 2.45) is 10.9 Å². The third kappa shape index (κ3) is 2.93. The van der Waals surface area contributed by atoms with E-state index in [9.17, 15) is 8.42 Å². The number of hydrogen-bond donors (Lipinski definition) is 3. The molecule has 1 aliphatic carbocycles. The lowest BCUT2D eigenvalue weighted by molar-refractivity contribution is 0.265. The lowest BCUT2D eigenvalue weighted by Crippen LogP contribution is -2.52. The topological polar surface area (TPSA) is 111 Å². The smallest absolute Gasteiger partial charge is 0.239 e. The number of sulfonamides is 1. The van der Waals surface area contributed by atoms with Gasteiger partial charge in [-0.3, -0.25) is 0 Å². The molecule has 1 aromatic heterocycles. The first-order valence-electron chi connectivity index (χ1n) is 5.41. The number of nitrogens with zero attached hydrogens (tertiary/aromatic N) is 1. The molecule has 94 valence electrons. The summed E-state index contributed by atoms with van der Waals surface area (Å²) >= 11 is 0. The quantitative estimate of drug-likeness (QED) is 0.703. The van der Waals surface area contributed by atoms with Crippen molar-refractivity contribution in [2.45, 2.75) is 29.7 Å². The Balaban J connectivity index is 1.99. The van der Waals surface area contributed by atoms with E-state index in [1.807, 2.05) is 0 Å². The van der Waals surface area contributed by atoms with Crippen molar-refractivity contribution in [3.8, 4) is 0 Å². The van der Waals surface area contributed by atoms with Gasteiger partial charge in [0.25, 0.3) is 0 Å². The first-order valence-corrected chi connectivity index (χ1v) is 6.95. The summed E-state index contributed by atoms with van der Waals surface area (Å²) in [5.74, 6) is 0.606. The van der Waals surface area contributed by atoms with Crippen LogP contribution in [0.25, 0.3) is 0 Å². The maximum absolute atomic E-state index is 11.0. The van der Waals surface area contributed by atoms with Gasteiger partial charge in [0.2, 0.25) is 10.0 Å². The number of anilines is 1. The monoisotopic (exact) mass is 256 g/mol. The summed E-state index contributed by atoms with van der Waals surface area (Å²) in [7, 11) is -3.67. The lowest BCUT2D eigenvalue weighted by atomic mass is 9.78. The minimum absolute atomic E-state index is 0.00848. The maximum Gasteiger partial charge on any atom is 0.239 e. The second-order valence-electron chi connectivity index (χ2n) is 4.49. The van der Waals surface area contributed by atoms with Crippen LogP contribution in [0.5, 0.6) is 0 Å². The zero-order chi connectivity index (χ0) is 12.5. The molecule has 0 aromatic carbocycles. The molecule has 1 fully saturated rings. The summed E-state index contributed by atoms with van der Waals surface area (Å²) < 4.78 is 22.0. The average Bonchev–Trinajstić information content (AvgIpc) is 2.23. The van der Waals surface area contributed by atoms with Gasteiger partial charge in [-0.15, -0.1) is 0 Å². The van der Waals surface area contributed by atoms with Gasteiger partial charge in [0.1, 0.15) is 10.7 Å². The number of aromatic nitrogens is 1. The van der Waals surface area contributed by atoms with E-state index in [2.05, 4.69) is 10.3 Å². The number of pyridine rings is 1. The van der Waals surface area contributed by atoms with E-state index in [-0.39, 0.29) is 10.4 Å². The number of primary sulfonamides is 1. The Labute approximate surface area is 100 Å². The van der Waals surface area contributed by atoms with Gasteiger partial charge in [-0.1, -0.05) is 0 Å². The van der Waals surface area contributed by atoms with Crippen molar-refractivity contribution >= 4 is 15.8 Å². The second-order valence-corrected chi connectivity index (χ2v) is 6.06. The number of nitrogens with one attached hydrogen (secondary N) is 1. The lowest BCUT2D eigenvalue weighted by Gasteiger charge is -2.38. The highest BCUT2D eigenvalue weighted by Crippen LogP contribution is 2.28. The molecule has 7 heteroatoms. The Kier molecular flexibility index (Phi) is 3.07. The van der Waals surface area contributed by atoms with Crippen LogP contribution in [0.15, 0.2) is 23.2 Å². The van der Waals surface area contributed by atoms with E-state index in [0.29, 0.717) is 12.4 Å². The van der Waals surface area contributed by atoms with Crippen molar-refractivity contribution in [1.29, 1.82) is 0 Å². The highest BCUT2D eigenvalue weighted by atomic mass is 32.2. The van der Waals surface area contributed by atoms with Gasteiger partial charge >= 0.3 is 0 Å². The average molecular weight is 256 g/mol. The molecule has 2 rings (SSSR count). The van der Waals surface area contributed by atoms with Crippen molar-refractivity contribution in [1.82, 2.24) is 4.98 Å². The largest absolute Gasteiger partial charge is 0.368 e. The molecule has 0 unspecified atom stereocenters. The van der Waals surface area contributed by atoms with Crippen LogP contribution in [0, 0.1) is 0 Å². The van der Waals surface area contributed by atoms with Crippen LogP contribution in [-0.4, -0.2) is 25.5 Å². The van der Waals surface area contributed by atoms with E-state index in [4.69, 9.17) is 10.9 Å². The first kappa shape index (κ1) is 12.3. The zero-order valence-corrected chi connectivity index (χ0v) is 10.2. The van der Waals surface area contributed by atoms with E-state index >= 15 is 0 Å². The first-order chi connectivity index (χ1) is 7.89. The van der Waals surface area contributed by atoms with E-state index in [1.54, 1.807) is 6.07 Å². The Morgan fingerprint density at radius 3 is 2.53 bits per heavy atom. The van der Waals surface area contributed by atoms with Crippen molar-refractivity contribution in [3.63, 3.8) is 0 Å². The zero-order valence-electron chi connectivity index (χ0n) is 9.39. The van der Waals surface area contributed by atoms with Crippen LogP contribution in [0.2, 0.25) is 0 Å². The van der Waals surface area contributed by atoms with Crippen molar-refractivity contribution in [3.05, 3.63) is 18.3 Å². The van der Waals surface area contributed by atoms with Crippen LogP contribution in [-0.2, 0) is 10.0 Å². The highest BCUT2D eigenvalue weighted by Gasteiger charge is 2.32. The third-order valence-corrected chi connectivity index (χ3v) is 3.93. The maximum atomic E-state index is 11.0. The number of nitrogens with two attached hydrogens (primary N) is 2. The van der Waals surface area contributed by atoms with Gasteiger partial charge in [-0.2, -0.15) is 0 Å². The van der Waals surface area contributed by atoms with Gasteiger partial charge < -0.3 is 11.1 Å². The standard InChI is InChI=1S/C10H16N4O2S/c11-10(4-1-5-10)7-14-9-3-2-8(6-13-9)17(12,15)16/h2-3,6H,1,4-5,7,11H2,(H,13,14)(H2,12,15,16). The van der Waals surface area contributed by atoms with Crippen molar-refractivity contribution < 1.29 is 8.42 Å². The van der Waals surface area contributed by atoms with Gasteiger partial charge in [0.05, 0.1) is 0 Å². The van der Waals surface area contributed by atoms with Gasteiger partial charge in [-0.25, -0.2) is 18.5 Å². The molecule has 1 saturated carbocycles. The van der Waals surface area contributed by atoms with E-state index in [1.165, 1.54) is 12.3 Å². The summed E-state index contributed by atoms with van der Waals surface area (Å²) in [6.07, 6.45) is 4.42. The van der Waals surface area contributed by atoms with Crippen LogP contribution >= 0.6 is 0 Å². The Bertz CT molecular complexity index is 494. The molecule has 1 aromatic rings. The second kappa shape index (κ2) is 4.25. The molecule has 6 nitrogen and oxygen atoms in total. The summed E-state index contributed by atoms with van der Waals surface area (Å²) in [6.45, 7) is 0.648. The fraction of sp³-hybridized carbons (Fsp3) is 0.500. The fourth-order valence-corrected chi connectivity index (χ4v) is 2.18. The minimum Gasteiger partial charge on any atom is -0.368 e. The molecule has 0 aliphatic heterocycles. The molecule has 1 aliphatic rings. The Hall–Kier alpha value is -1.18. The summed E-state index contributed by atoms with van der Waals surface area (Å²) in [5.41, 5.74) is 5.91. The Morgan fingerprint density at radius 2 is 2.12 bits per heavy atom. The van der Waals surface area contributed by atoms with Crippen LogP contribution in [0.4, 0.5) is 5.82 Å². The summed E-state index contributed by atoms with van der Waals surface area (Å²) in [6, 6.07) is 3.01. The molecule has 0 radical (unpaired) electrons. The summed E-state index contributed by atoms with van der Waals surface area (Å²) in [4.78, 5) is 3.99. The van der Waals surface area contributed by atoms with Crippen molar-refractivity contribution in [2.75, 3.05) is 11.9 Å². The van der Waals surface area contributed by atoms with Gasteiger partial charge in [0.15, 0.2) is 0 Å². The molecule has 1 heterocycles. The number of rotatable bonds is 4. The molecule has 17 heavy (non-hydrogen) atoms. The van der Waals surface area contributed by atoms with E-state index < -0.39 is 10.0 Å². The SMILES string of the molecule is NC1(CNc2ccc(S(N)(=O)=O)cn2)CCC1. The molecular formula is C10H16N4O2S. The normalized spacial score (nSPS) is 18.5. The van der Waals surface area contributed by atoms with Gasteiger partial charge in [-0.05, 0) is 31.4 Å². The predicted octanol–water partition coefficient (Wildman–Crippen LogP) is 0.0223. The number of hydrogen-bond acceptors (Lipinski definition) is 5. The van der Waals surface area contributed by atoms with E-state index in [0.717, 1.165) is 19.3 Å². The van der Waals surface area contributed by atoms with Gasteiger partial charge in [0, 0.05) is 18.3 Å². The minimum atomic E-state index is -3.67. The molecule has 5 N–H and O–H groups in total. The molecule has 0 spiro atoms. The molecule has 0 atom stereocenters. The third-order valence-electron chi connectivity index (χ3n) is 3.04. The molecule has 0 amide bonds.